The molecular formula is C20H18ClN3O3. The van der Waals surface area contributed by atoms with Gasteiger partial charge in [0, 0.05) is 17.1 Å². The largest absolute Gasteiger partial charge is 0.497 e. The fourth-order valence-corrected chi connectivity index (χ4v) is 2.81. The van der Waals surface area contributed by atoms with Crippen LogP contribution in [0.15, 0.2) is 59.4 Å². The second-order valence-electron chi connectivity index (χ2n) is 5.85. The van der Waals surface area contributed by atoms with Crippen LogP contribution in [0.1, 0.15) is 16.1 Å². The fraction of sp³-hybridized carbons (Fsp3) is 0.150. The Bertz CT molecular complexity index is 1000. The van der Waals surface area contributed by atoms with Crippen molar-refractivity contribution in [1.29, 1.82) is 0 Å². The van der Waals surface area contributed by atoms with E-state index in [1.165, 1.54) is 0 Å². The lowest BCUT2D eigenvalue weighted by atomic mass is 10.1. The first-order valence-electron chi connectivity index (χ1n) is 8.33. The predicted molar refractivity (Wildman–Crippen MR) is 104 cm³/mol. The van der Waals surface area contributed by atoms with Crippen LogP contribution in [0.3, 0.4) is 0 Å². The van der Waals surface area contributed by atoms with Gasteiger partial charge in [0.15, 0.2) is 0 Å². The highest BCUT2D eigenvalue weighted by Crippen LogP contribution is 2.20. The molecule has 0 saturated carbocycles. The molecule has 1 amide bonds. The van der Waals surface area contributed by atoms with Crippen molar-refractivity contribution in [3.63, 3.8) is 0 Å². The summed E-state index contributed by atoms with van der Waals surface area (Å²) >= 11 is 5.95. The average molecular weight is 384 g/mol. The van der Waals surface area contributed by atoms with Gasteiger partial charge in [-0.2, -0.15) is 4.98 Å². The first-order chi connectivity index (χ1) is 13.0. The monoisotopic (exact) mass is 383 g/mol. The number of hydrogen-bond donors (Lipinski definition) is 2. The number of nitrogens with one attached hydrogen (secondary N) is 2. The molecule has 0 unspecified atom stereocenters. The number of halogens is 1. The Balaban J connectivity index is 1.71. The summed E-state index contributed by atoms with van der Waals surface area (Å²) < 4.78 is 5.12. The van der Waals surface area contributed by atoms with E-state index >= 15 is 0 Å². The summed E-state index contributed by atoms with van der Waals surface area (Å²) in [7, 11) is 1.58. The highest BCUT2D eigenvalue weighted by atomic mass is 35.5. The van der Waals surface area contributed by atoms with E-state index < -0.39 is 5.69 Å². The normalized spacial score (nSPS) is 10.4. The second-order valence-corrected chi connectivity index (χ2v) is 6.29. The number of carbonyl (C=O) groups is 1. The van der Waals surface area contributed by atoms with Crippen LogP contribution in [0, 0.1) is 0 Å². The van der Waals surface area contributed by atoms with Crippen LogP contribution in [-0.4, -0.2) is 29.5 Å². The van der Waals surface area contributed by atoms with Crippen LogP contribution in [0.5, 0.6) is 5.75 Å². The van der Waals surface area contributed by atoms with Gasteiger partial charge < -0.3 is 15.0 Å². The van der Waals surface area contributed by atoms with Crippen molar-refractivity contribution in [2.24, 2.45) is 0 Å². The standard InChI is InChI=1S/C20H18ClN3O3/c1-27-16-7-5-14(6-8-16)17-12-18(24-20(26)23-17)19(25)22-10-9-13-3-2-4-15(21)11-13/h2-8,11-12H,9-10H2,1H3,(H,22,25)(H,23,24,26). The van der Waals surface area contributed by atoms with E-state index in [0.717, 1.165) is 11.1 Å². The number of hydrogen-bond acceptors (Lipinski definition) is 4. The molecule has 3 aromatic rings. The molecule has 0 aliphatic rings. The third-order valence-electron chi connectivity index (χ3n) is 3.96. The SMILES string of the molecule is COc1ccc(-c2cc(C(=O)NCCc3cccc(Cl)c3)[nH]c(=O)n2)cc1. The lowest BCUT2D eigenvalue weighted by Gasteiger charge is -2.07. The van der Waals surface area contributed by atoms with E-state index in [1.807, 2.05) is 18.2 Å². The van der Waals surface area contributed by atoms with E-state index in [2.05, 4.69) is 15.3 Å². The van der Waals surface area contributed by atoms with Crippen LogP contribution in [0.2, 0.25) is 5.02 Å². The Labute approximate surface area is 161 Å². The van der Waals surface area contributed by atoms with Crippen molar-refractivity contribution in [3.8, 4) is 17.0 Å². The summed E-state index contributed by atoms with van der Waals surface area (Å²) in [5, 5.41) is 3.45. The zero-order valence-electron chi connectivity index (χ0n) is 14.7. The number of nitrogens with zero attached hydrogens (tertiary/aromatic N) is 1. The number of amides is 1. The maximum atomic E-state index is 12.4. The van der Waals surface area contributed by atoms with E-state index in [4.69, 9.17) is 16.3 Å². The molecule has 0 fully saturated rings. The molecule has 3 rings (SSSR count). The minimum absolute atomic E-state index is 0.159. The maximum Gasteiger partial charge on any atom is 0.346 e. The molecule has 0 atom stereocenters. The Morgan fingerprint density at radius 1 is 1.19 bits per heavy atom. The lowest BCUT2D eigenvalue weighted by molar-refractivity contribution is 0.0948. The Hall–Kier alpha value is -3.12. The molecule has 0 aliphatic heterocycles. The molecular weight excluding hydrogens is 366 g/mol. The van der Waals surface area contributed by atoms with Crippen molar-refractivity contribution >= 4 is 17.5 Å². The van der Waals surface area contributed by atoms with Gasteiger partial charge in [0.1, 0.15) is 11.4 Å². The molecule has 2 aromatic carbocycles. The summed E-state index contributed by atoms with van der Waals surface area (Å²) in [5.41, 5.74) is 1.73. The number of aromatic nitrogens is 2. The lowest BCUT2D eigenvalue weighted by Crippen LogP contribution is -2.29. The van der Waals surface area contributed by atoms with Crippen molar-refractivity contribution in [2.45, 2.75) is 6.42 Å². The van der Waals surface area contributed by atoms with Crippen molar-refractivity contribution in [2.75, 3.05) is 13.7 Å². The summed E-state index contributed by atoms with van der Waals surface area (Å²) in [6.45, 7) is 0.418. The van der Waals surface area contributed by atoms with Gasteiger partial charge in [-0.25, -0.2) is 4.79 Å². The zero-order valence-corrected chi connectivity index (χ0v) is 15.4. The number of methoxy groups -OCH3 is 1. The first-order valence-corrected chi connectivity index (χ1v) is 8.71. The summed E-state index contributed by atoms with van der Waals surface area (Å²) in [5.74, 6) is 0.328. The van der Waals surface area contributed by atoms with Crippen molar-refractivity contribution < 1.29 is 9.53 Å². The molecule has 27 heavy (non-hydrogen) atoms. The minimum atomic E-state index is -0.580. The topological polar surface area (TPSA) is 84.1 Å². The summed E-state index contributed by atoms with van der Waals surface area (Å²) in [6, 6.07) is 16.1. The zero-order chi connectivity index (χ0) is 19.2. The Morgan fingerprint density at radius 3 is 2.67 bits per heavy atom. The number of benzene rings is 2. The van der Waals surface area contributed by atoms with Gasteiger partial charge in [-0.1, -0.05) is 23.7 Å². The van der Waals surface area contributed by atoms with Gasteiger partial charge in [0.2, 0.25) is 0 Å². The van der Waals surface area contributed by atoms with Crippen LogP contribution < -0.4 is 15.7 Å². The quantitative estimate of drug-likeness (QED) is 0.685. The molecule has 0 radical (unpaired) electrons. The molecule has 7 heteroatoms. The number of rotatable bonds is 6. The molecule has 2 N–H and O–H groups in total. The van der Waals surface area contributed by atoms with Gasteiger partial charge in [-0.3, -0.25) is 4.79 Å². The minimum Gasteiger partial charge on any atom is -0.497 e. The Morgan fingerprint density at radius 2 is 1.96 bits per heavy atom. The third-order valence-corrected chi connectivity index (χ3v) is 4.20. The molecule has 1 aromatic heterocycles. The highest BCUT2D eigenvalue weighted by Gasteiger charge is 2.10. The van der Waals surface area contributed by atoms with Crippen LogP contribution in [0.4, 0.5) is 0 Å². The van der Waals surface area contributed by atoms with Crippen LogP contribution in [0.25, 0.3) is 11.3 Å². The summed E-state index contributed by atoms with van der Waals surface area (Å²) in [4.78, 5) is 30.6. The van der Waals surface area contributed by atoms with E-state index in [1.54, 1.807) is 43.5 Å². The molecule has 6 nitrogen and oxygen atoms in total. The third kappa shape index (κ3) is 4.95. The number of ether oxygens (including phenoxy) is 1. The first kappa shape index (κ1) is 18.7. The van der Waals surface area contributed by atoms with Gasteiger partial charge in [0.25, 0.3) is 5.91 Å². The molecule has 138 valence electrons. The molecule has 0 spiro atoms. The summed E-state index contributed by atoms with van der Waals surface area (Å²) in [6.07, 6.45) is 0.632. The van der Waals surface area contributed by atoms with E-state index in [-0.39, 0.29) is 11.6 Å². The molecule has 0 aliphatic carbocycles. The molecule has 1 heterocycles. The molecule has 0 saturated heterocycles. The van der Waals surface area contributed by atoms with Gasteiger partial charge >= 0.3 is 5.69 Å². The number of aromatic amines is 1. The van der Waals surface area contributed by atoms with Crippen molar-refractivity contribution in [3.05, 3.63) is 81.4 Å². The van der Waals surface area contributed by atoms with E-state index in [0.29, 0.717) is 29.4 Å². The van der Waals surface area contributed by atoms with E-state index in [9.17, 15) is 9.59 Å². The van der Waals surface area contributed by atoms with Gasteiger partial charge in [-0.15, -0.1) is 0 Å². The fourth-order valence-electron chi connectivity index (χ4n) is 2.60. The van der Waals surface area contributed by atoms with Crippen molar-refractivity contribution in [1.82, 2.24) is 15.3 Å². The van der Waals surface area contributed by atoms with Crippen LogP contribution in [-0.2, 0) is 6.42 Å². The molecule has 0 bridgehead atoms. The van der Waals surface area contributed by atoms with Gasteiger partial charge in [-0.05, 0) is 54.4 Å². The second kappa shape index (κ2) is 8.51. The number of H-pyrrole nitrogens is 1. The van der Waals surface area contributed by atoms with Gasteiger partial charge in [0.05, 0.1) is 12.8 Å². The predicted octanol–water partition coefficient (Wildman–Crippen LogP) is 3.07. The Kier molecular flexibility index (Phi) is 5.88. The average Bonchev–Trinajstić information content (AvgIpc) is 2.67. The highest BCUT2D eigenvalue weighted by molar-refractivity contribution is 6.30. The van der Waals surface area contributed by atoms with Crippen LogP contribution >= 0.6 is 11.6 Å². The maximum absolute atomic E-state index is 12.4. The smallest absolute Gasteiger partial charge is 0.346 e. The number of carbonyl (C=O) groups excluding carboxylic acids is 1.